The van der Waals surface area contributed by atoms with E-state index in [1.165, 1.54) is 6.08 Å². The van der Waals surface area contributed by atoms with Gasteiger partial charge in [-0.25, -0.2) is 0 Å². The number of ketones is 1. The number of carbonyl (C=O) groups excluding carboxylic acids is 2. The van der Waals surface area contributed by atoms with Crippen molar-refractivity contribution in [1.29, 1.82) is 0 Å². The number of nitrogens with one attached hydrogen (secondary N) is 1. The zero-order chi connectivity index (χ0) is 18.6. The number of ether oxygens (including phenoxy) is 1. The number of hydrogen-bond acceptors (Lipinski definition) is 4. The molecule has 0 saturated carbocycles. The number of Topliss-reactive ketones (excluding diaryl/α,β-unsaturated/α-hetero) is 1. The highest BCUT2D eigenvalue weighted by molar-refractivity contribution is 5.91. The summed E-state index contributed by atoms with van der Waals surface area (Å²) in [6, 6.07) is 11.0. The van der Waals surface area contributed by atoms with Gasteiger partial charge in [0.2, 0.25) is 5.91 Å². The van der Waals surface area contributed by atoms with Crippen LogP contribution in [0.2, 0.25) is 0 Å². The molecule has 1 N–H and O–H groups in total. The molecule has 0 radical (unpaired) electrons. The van der Waals surface area contributed by atoms with Gasteiger partial charge in [0, 0.05) is 31.4 Å². The maximum atomic E-state index is 11.8. The molecular formula is C21H24N2O3. The third-order valence-electron chi connectivity index (χ3n) is 3.71. The van der Waals surface area contributed by atoms with Gasteiger partial charge >= 0.3 is 0 Å². The van der Waals surface area contributed by atoms with Gasteiger partial charge < -0.3 is 10.1 Å². The third-order valence-corrected chi connectivity index (χ3v) is 3.71. The molecular weight excluding hydrogens is 328 g/mol. The SMILES string of the molecule is CCCCC(=O)COc1ccc(C=CC(=O)NCc2cccnc2)cc1. The van der Waals surface area contributed by atoms with Crippen LogP contribution in [-0.4, -0.2) is 23.3 Å². The van der Waals surface area contributed by atoms with Crippen LogP contribution in [0.25, 0.3) is 6.08 Å². The average molecular weight is 352 g/mol. The van der Waals surface area contributed by atoms with Crippen molar-refractivity contribution in [1.82, 2.24) is 10.3 Å². The van der Waals surface area contributed by atoms with Gasteiger partial charge in [-0.05, 0) is 41.8 Å². The van der Waals surface area contributed by atoms with Crippen molar-refractivity contribution in [2.24, 2.45) is 0 Å². The van der Waals surface area contributed by atoms with Gasteiger partial charge in [-0.15, -0.1) is 0 Å². The highest BCUT2D eigenvalue weighted by Gasteiger charge is 2.02. The lowest BCUT2D eigenvalue weighted by molar-refractivity contribution is -0.121. The molecule has 1 aromatic heterocycles. The summed E-state index contributed by atoms with van der Waals surface area (Å²) < 4.78 is 5.47. The average Bonchev–Trinajstić information content (AvgIpc) is 2.69. The van der Waals surface area contributed by atoms with E-state index >= 15 is 0 Å². The van der Waals surface area contributed by atoms with Crippen LogP contribution in [0.1, 0.15) is 37.3 Å². The number of nitrogens with zero attached hydrogens (tertiary/aromatic N) is 1. The van der Waals surface area contributed by atoms with Crippen molar-refractivity contribution >= 4 is 17.8 Å². The second-order valence-electron chi connectivity index (χ2n) is 5.91. The first kappa shape index (κ1) is 19.4. The number of pyridine rings is 1. The zero-order valence-corrected chi connectivity index (χ0v) is 15.0. The fourth-order valence-corrected chi connectivity index (χ4v) is 2.21. The van der Waals surface area contributed by atoms with E-state index in [2.05, 4.69) is 17.2 Å². The van der Waals surface area contributed by atoms with Crippen LogP contribution in [0, 0.1) is 0 Å². The van der Waals surface area contributed by atoms with Crippen molar-refractivity contribution in [2.75, 3.05) is 6.61 Å². The Morgan fingerprint density at radius 2 is 2.00 bits per heavy atom. The van der Waals surface area contributed by atoms with Gasteiger partial charge in [0.1, 0.15) is 12.4 Å². The summed E-state index contributed by atoms with van der Waals surface area (Å²) in [6.07, 6.45) is 9.09. The predicted molar refractivity (Wildman–Crippen MR) is 102 cm³/mol. The smallest absolute Gasteiger partial charge is 0.244 e. The normalized spacial score (nSPS) is 10.7. The van der Waals surface area contributed by atoms with E-state index in [-0.39, 0.29) is 18.3 Å². The van der Waals surface area contributed by atoms with E-state index in [1.807, 2.05) is 24.3 Å². The third kappa shape index (κ3) is 7.30. The second kappa shape index (κ2) is 10.8. The molecule has 0 unspecified atom stereocenters. The van der Waals surface area contributed by atoms with Crippen LogP contribution >= 0.6 is 0 Å². The van der Waals surface area contributed by atoms with Crippen molar-refractivity contribution in [3.8, 4) is 5.75 Å². The molecule has 2 aromatic rings. The maximum absolute atomic E-state index is 11.8. The molecule has 1 aromatic carbocycles. The first-order valence-electron chi connectivity index (χ1n) is 8.76. The van der Waals surface area contributed by atoms with Crippen LogP contribution in [0.5, 0.6) is 5.75 Å². The number of aromatic nitrogens is 1. The van der Waals surface area contributed by atoms with E-state index in [0.717, 1.165) is 24.0 Å². The van der Waals surface area contributed by atoms with E-state index in [0.29, 0.717) is 18.7 Å². The Balaban J connectivity index is 1.76. The van der Waals surface area contributed by atoms with E-state index < -0.39 is 0 Å². The zero-order valence-electron chi connectivity index (χ0n) is 15.0. The predicted octanol–water partition coefficient (Wildman–Crippen LogP) is 3.55. The molecule has 1 amide bonds. The van der Waals surface area contributed by atoms with Gasteiger partial charge in [0.05, 0.1) is 0 Å². The molecule has 136 valence electrons. The summed E-state index contributed by atoms with van der Waals surface area (Å²) in [4.78, 5) is 27.4. The summed E-state index contributed by atoms with van der Waals surface area (Å²) in [5, 5.41) is 2.80. The minimum atomic E-state index is -0.171. The molecule has 0 bridgehead atoms. The molecule has 0 aliphatic heterocycles. The van der Waals surface area contributed by atoms with E-state index in [4.69, 9.17) is 4.74 Å². The Morgan fingerprint density at radius 3 is 2.69 bits per heavy atom. The first-order chi connectivity index (χ1) is 12.7. The van der Waals surface area contributed by atoms with Crippen molar-refractivity contribution < 1.29 is 14.3 Å². The molecule has 26 heavy (non-hydrogen) atoms. The number of unbranched alkanes of at least 4 members (excludes halogenated alkanes) is 1. The molecule has 5 nitrogen and oxygen atoms in total. The second-order valence-corrected chi connectivity index (χ2v) is 5.91. The summed E-state index contributed by atoms with van der Waals surface area (Å²) in [7, 11) is 0. The van der Waals surface area contributed by atoms with Crippen LogP contribution in [0.3, 0.4) is 0 Å². The minimum absolute atomic E-state index is 0.103. The van der Waals surface area contributed by atoms with E-state index in [1.54, 1.807) is 30.6 Å². The number of rotatable bonds is 10. The van der Waals surface area contributed by atoms with Crippen molar-refractivity contribution in [2.45, 2.75) is 32.7 Å². The number of hydrogen-bond donors (Lipinski definition) is 1. The standard InChI is InChI=1S/C21H24N2O3/c1-2-3-6-19(24)16-26-20-10-7-17(8-11-20)9-12-21(25)23-15-18-5-4-13-22-14-18/h4-5,7-14H,2-3,6,15-16H2,1H3,(H,23,25). The Morgan fingerprint density at radius 1 is 1.19 bits per heavy atom. The molecule has 0 spiro atoms. The van der Waals surface area contributed by atoms with E-state index in [9.17, 15) is 9.59 Å². The monoisotopic (exact) mass is 352 g/mol. The fraction of sp³-hybridized carbons (Fsp3) is 0.286. The Kier molecular flexibility index (Phi) is 8.06. The quantitative estimate of drug-likeness (QED) is 0.664. The van der Waals surface area contributed by atoms with Gasteiger partial charge in [0.25, 0.3) is 0 Å². The minimum Gasteiger partial charge on any atom is -0.486 e. The van der Waals surface area contributed by atoms with Crippen LogP contribution in [0.4, 0.5) is 0 Å². The molecule has 0 fully saturated rings. The van der Waals surface area contributed by atoms with Gasteiger partial charge in [-0.1, -0.05) is 31.5 Å². The summed E-state index contributed by atoms with van der Waals surface area (Å²) in [5.41, 5.74) is 1.83. The number of benzene rings is 1. The summed E-state index contributed by atoms with van der Waals surface area (Å²) >= 11 is 0. The molecule has 0 aliphatic rings. The summed E-state index contributed by atoms with van der Waals surface area (Å²) in [5.74, 6) is 0.588. The Labute approximate surface area is 154 Å². The lowest BCUT2D eigenvalue weighted by Crippen LogP contribution is -2.20. The molecule has 2 rings (SSSR count). The van der Waals surface area contributed by atoms with Crippen LogP contribution in [-0.2, 0) is 16.1 Å². The highest BCUT2D eigenvalue weighted by atomic mass is 16.5. The molecule has 0 atom stereocenters. The topological polar surface area (TPSA) is 68.3 Å². The maximum Gasteiger partial charge on any atom is 0.244 e. The van der Waals surface area contributed by atoms with Crippen LogP contribution in [0.15, 0.2) is 54.9 Å². The first-order valence-corrected chi connectivity index (χ1v) is 8.76. The molecule has 0 aliphatic carbocycles. The Hall–Kier alpha value is -2.95. The largest absolute Gasteiger partial charge is 0.486 e. The number of amides is 1. The van der Waals surface area contributed by atoms with Gasteiger partial charge in [-0.2, -0.15) is 0 Å². The molecule has 5 heteroatoms. The molecule has 1 heterocycles. The number of carbonyl (C=O) groups is 2. The van der Waals surface area contributed by atoms with Crippen LogP contribution < -0.4 is 10.1 Å². The lowest BCUT2D eigenvalue weighted by Gasteiger charge is -2.05. The lowest BCUT2D eigenvalue weighted by atomic mass is 10.2. The Bertz CT molecular complexity index is 725. The summed E-state index contributed by atoms with van der Waals surface area (Å²) in [6.45, 7) is 2.60. The highest BCUT2D eigenvalue weighted by Crippen LogP contribution is 2.13. The van der Waals surface area contributed by atoms with Crippen molar-refractivity contribution in [3.63, 3.8) is 0 Å². The molecule has 0 saturated heterocycles. The van der Waals surface area contributed by atoms with Gasteiger partial charge in [0.15, 0.2) is 5.78 Å². The van der Waals surface area contributed by atoms with Crippen molar-refractivity contribution in [3.05, 3.63) is 66.0 Å². The van der Waals surface area contributed by atoms with Gasteiger partial charge in [-0.3, -0.25) is 14.6 Å². The fourth-order valence-electron chi connectivity index (χ4n) is 2.21.